The summed E-state index contributed by atoms with van der Waals surface area (Å²) in [6.45, 7) is 1.76. The van der Waals surface area contributed by atoms with Crippen LogP contribution in [0.5, 0.6) is 0 Å². The van der Waals surface area contributed by atoms with E-state index in [-0.39, 0.29) is 49.3 Å². The van der Waals surface area contributed by atoms with Crippen molar-refractivity contribution in [3.8, 4) is 0 Å². The number of ether oxygens (including phenoxy) is 1. The lowest BCUT2D eigenvalue weighted by Gasteiger charge is -2.09. The van der Waals surface area contributed by atoms with E-state index in [1.807, 2.05) is 0 Å². The van der Waals surface area contributed by atoms with E-state index >= 15 is 0 Å². The first-order chi connectivity index (χ1) is 27.8. The zero-order valence-electron chi connectivity index (χ0n) is 30.3. The number of carbonyl (C=O) groups is 6. The quantitative estimate of drug-likeness (QED) is 0.0333. The fourth-order valence-corrected chi connectivity index (χ4v) is 8.16. The van der Waals surface area contributed by atoms with Crippen molar-refractivity contribution in [2.75, 3.05) is 12.3 Å². The number of carboxylic acid groups (broad SMARTS) is 3. The molecule has 6 aromatic rings. The molecular formula is C44H31NO10S3. The summed E-state index contributed by atoms with van der Waals surface area (Å²) in [6, 6.07) is 28.6. The number of hydrogen-bond donors (Lipinski definition) is 4. The minimum Gasteiger partial charge on any atom is -0.477 e. The topological polar surface area (TPSA) is 198 Å². The number of nitrogens with two attached hydrogens (primary N) is 1. The van der Waals surface area contributed by atoms with Gasteiger partial charge in [0.2, 0.25) is 0 Å². The molecule has 6 rings (SSSR count). The minimum absolute atomic E-state index is 0.0290. The largest absolute Gasteiger partial charge is 0.477 e. The normalized spacial score (nSPS) is 11.9. The Morgan fingerprint density at radius 1 is 0.483 bits per heavy atom. The van der Waals surface area contributed by atoms with Gasteiger partial charge in [-0.25, -0.2) is 19.2 Å². The van der Waals surface area contributed by atoms with Crippen LogP contribution in [0.25, 0.3) is 34.9 Å². The smallest absolute Gasteiger partial charge is 0.345 e. The van der Waals surface area contributed by atoms with E-state index in [1.54, 1.807) is 110 Å². The van der Waals surface area contributed by atoms with Crippen molar-refractivity contribution < 1.29 is 48.8 Å². The number of Topliss-reactive ketones (excluding diaryl/α,β-unsaturated/α-hetero) is 2. The van der Waals surface area contributed by atoms with Gasteiger partial charge in [-0.1, -0.05) is 60.7 Å². The van der Waals surface area contributed by atoms with Crippen molar-refractivity contribution in [2.24, 2.45) is 0 Å². The van der Waals surface area contributed by atoms with Crippen molar-refractivity contribution >= 4 is 110 Å². The summed E-state index contributed by atoms with van der Waals surface area (Å²) >= 11 is 2.83. The number of benzene rings is 3. The van der Waals surface area contributed by atoms with Crippen LogP contribution in [0, 0.1) is 0 Å². The SMILES string of the molecule is CCOC(=O)/C(=C\c1ccc(C(=O)/C(=C\c2ccc(C(=O)/C(=C\c3ccc(N)cc3)c3ccc(C(=O)O)s3)cc2)c2ccc(C(=O)O)s2)cc1)c1ccc(C(=O)O)s1. The Balaban J connectivity index is 1.33. The molecule has 0 fully saturated rings. The molecule has 0 amide bonds. The van der Waals surface area contributed by atoms with Gasteiger partial charge in [-0.05, 0) is 90.4 Å². The number of thiophene rings is 3. The van der Waals surface area contributed by atoms with Crippen molar-refractivity contribution in [1.82, 2.24) is 0 Å². The van der Waals surface area contributed by atoms with Crippen molar-refractivity contribution in [1.29, 1.82) is 0 Å². The molecule has 3 heterocycles. The maximum atomic E-state index is 14.1. The van der Waals surface area contributed by atoms with Crippen molar-refractivity contribution in [2.45, 2.75) is 6.92 Å². The molecule has 5 N–H and O–H groups in total. The predicted molar refractivity (Wildman–Crippen MR) is 226 cm³/mol. The number of allylic oxidation sites excluding steroid dienone is 2. The molecule has 14 heteroatoms. The number of esters is 1. The molecule has 0 aliphatic heterocycles. The van der Waals surface area contributed by atoms with Gasteiger partial charge >= 0.3 is 23.9 Å². The van der Waals surface area contributed by atoms with Gasteiger partial charge in [0.05, 0.1) is 12.2 Å². The second kappa shape index (κ2) is 17.9. The number of rotatable bonds is 15. The number of carbonyl (C=O) groups excluding carboxylic acids is 3. The third-order valence-corrected chi connectivity index (χ3v) is 11.8. The molecule has 0 saturated carbocycles. The first kappa shape index (κ1) is 40.7. The van der Waals surface area contributed by atoms with Crippen LogP contribution in [0.2, 0.25) is 0 Å². The van der Waals surface area contributed by atoms with Crippen LogP contribution in [-0.2, 0) is 9.53 Å². The summed E-state index contributed by atoms with van der Waals surface area (Å²) in [5, 5.41) is 28.5. The molecule has 11 nitrogen and oxygen atoms in total. The fraction of sp³-hybridized carbons (Fsp3) is 0.0455. The maximum Gasteiger partial charge on any atom is 0.345 e. The van der Waals surface area contributed by atoms with Gasteiger partial charge in [0.25, 0.3) is 0 Å². The molecule has 3 aromatic heterocycles. The highest BCUT2D eigenvalue weighted by molar-refractivity contribution is 7.16. The standard InChI is InChI=1S/C44H31NO10S3/c1-2-55-44(54)32(35-17-20-38(58-35)43(52)53)23-25-5-11-28(12-6-25)39(46)30(33-15-18-36(56-33)41(48)49)21-24-3-9-27(10-4-24)40(47)31(22-26-7-13-29(45)14-8-26)34-16-19-37(57-34)42(50)51/h3-23H,2,45H2,1H3,(H,48,49)(H,50,51)(H,52,53)/b30-21-,31-22-,32-23-. The van der Waals surface area contributed by atoms with Gasteiger partial charge < -0.3 is 25.8 Å². The Morgan fingerprint density at radius 2 is 0.793 bits per heavy atom. The predicted octanol–water partition coefficient (Wildman–Crippen LogP) is 9.50. The van der Waals surface area contributed by atoms with E-state index in [1.165, 1.54) is 24.3 Å². The molecule has 0 aliphatic rings. The van der Waals surface area contributed by atoms with Gasteiger partial charge in [0, 0.05) is 42.6 Å². The lowest BCUT2D eigenvalue weighted by atomic mass is 9.96. The average molecular weight is 830 g/mol. The Hall–Kier alpha value is -7.00. The minimum atomic E-state index is -1.15. The third-order valence-electron chi connectivity index (χ3n) is 8.45. The van der Waals surface area contributed by atoms with Crippen LogP contribution < -0.4 is 5.73 Å². The molecule has 0 aliphatic carbocycles. The van der Waals surface area contributed by atoms with E-state index in [0.717, 1.165) is 34.0 Å². The monoisotopic (exact) mass is 829 g/mol. The molecule has 290 valence electrons. The van der Waals surface area contributed by atoms with Crippen LogP contribution in [0.3, 0.4) is 0 Å². The Bertz CT molecular complexity index is 2660. The van der Waals surface area contributed by atoms with E-state index in [2.05, 4.69) is 0 Å². The highest BCUT2D eigenvalue weighted by atomic mass is 32.1. The fourth-order valence-electron chi connectivity index (χ4n) is 5.59. The first-order valence-corrected chi connectivity index (χ1v) is 19.7. The molecule has 0 bridgehead atoms. The van der Waals surface area contributed by atoms with Gasteiger partial charge in [-0.15, -0.1) is 34.0 Å². The van der Waals surface area contributed by atoms with Crippen LogP contribution in [0.15, 0.2) is 109 Å². The molecule has 0 atom stereocenters. The highest BCUT2D eigenvalue weighted by Crippen LogP contribution is 2.33. The van der Waals surface area contributed by atoms with Gasteiger partial charge in [-0.2, -0.15) is 0 Å². The van der Waals surface area contributed by atoms with Crippen LogP contribution in [-0.4, -0.2) is 57.4 Å². The zero-order chi connectivity index (χ0) is 41.5. The van der Waals surface area contributed by atoms with Gasteiger partial charge in [0.15, 0.2) is 11.6 Å². The number of hydrogen-bond acceptors (Lipinski definition) is 11. The van der Waals surface area contributed by atoms with E-state index < -0.39 is 29.7 Å². The van der Waals surface area contributed by atoms with E-state index in [4.69, 9.17) is 10.5 Å². The van der Waals surface area contributed by atoms with E-state index in [9.17, 15) is 44.1 Å². The third kappa shape index (κ3) is 9.50. The lowest BCUT2D eigenvalue weighted by Crippen LogP contribution is -2.06. The number of nitrogen functional groups attached to an aromatic ring is 1. The summed E-state index contributed by atoms with van der Waals surface area (Å²) in [5.41, 5.74) is 9.31. The summed E-state index contributed by atoms with van der Waals surface area (Å²) < 4.78 is 5.21. The van der Waals surface area contributed by atoms with Gasteiger partial charge in [-0.3, -0.25) is 9.59 Å². The second-order valence-electron chi connectivity index (χ2n) is 12.4. The molecule has 0 saturated heterocycles. The summed E-state index contributed by atoms with van der Waals surface area (Å²) in [7, 11) is 0. The van der Waals surface area contributed by atoms with Gasteiger partial charge in [0.1, 0.15) is 14.6 Å². The lowest BCUT2D eigenvalue weighted by molar-refractivity contribution is -0.136. The molecular weight excluding hydrogens is 799 g/mol. The van der Waals surface area contributed by atoms with E-state index in [0.29, 0.717) is 42.6 Å². The Kier molecular flexibility index (Phi) is 12.5. The summed E-state index contributed by atoms with van der Waals surface area (Å²) in [4.78, 5) is 77.3. The van der Waals surface area contributed by atoms with Crippen LogP contribution >= 0.6 is 34.0 Å². The molecule has 58 heavy (non-hydrogen) atoms. The summed E-state index contributed by atoms with van der Waals surface area (Å²) in [6.07, 6.45) is 4.80. The zero-order valence-corrected chi connectivity index (χ0v) is 32.8. The summed E-state index contributed by atoms with van der Waals surface area (Å²) in [5.74, 6) is -4.82. The Labute approximate surface area is 342 Å². The Morgan fingerprint density at radius 3 is 1.12 bits per heavy atom. The second-order valence-corrected chi connectivity index (χ2v) is 15.6. The molecule has 0 spiro atoms. The first-order valence-electron chi connectivity index (χ1n) is 17.3. The molecule has 0 radical (unpaired) electrons. The number of aromatic carboxylic acids is 3. The molecule has 3 aromatic carbocycles. The average Bonchev–Trinajstić information content (AvgIpc) is 4.01. The maximum absolute atomic E-state index is 14.1. The number of ketones is 2. The van der Waals surface area contributed by atoms with Crippen LogP contribution in [0.4, 0.5) is 5.69 Å². The van der Waals surface area contributed by atoms with Crippen molar-refractivity contribution in [3.05, 3.63) is 166 Å². The number of anilines is 1. The highest BCUT2D eigenvalue weighted by Gasteiger charge is 2.22. The van der Waals surface area contributed by atoms with Crippen LogP contribution in [0.1, 0.15) is 88.0 Å². The number of carboxylic acids is 3. The van der Waals surface area contributed by atoms with Crippen molar-refractivity contribution in [3.63, 3.8) is 0 Å². The molecule has 0 unspecified atom stereocenters.